The summed E-state index contributed by atoms with van der Waals surface area (Å²) in [7, 11) is 7.93. The minimum Gasteiger partial charge on any atom is -0.0390 e. The Morgan fingerprint density at radius 1 is 0.791 bits per heavy atom. The van der Waals surface area contributed by atoms with Gasteiger partial charge in [0.2, 0.25) is 0 Å². The number of aromatic nitrogens is 1. The fourth-order valence-electron chi connectivity index (χ4n) is 8.97. The number of hydrogen-bond acceptors (Lipinski definition) is 13. The third-order valence-electron chi connectivity index (χ3n) is 13.2. The number of guanidine groups is 2. The SMILES string of the molecule is COc1cc(C)c(CN=C(N)N2CCC[C@@H](CC(NCB=O)C(=O)N(C)OC)C2)c(C)c1C.COc1cc(C)c(CN=C(N)N2CCC[C@@H](CC(NCB=O)C(=O)c3nccs3)C2)c(C)c1C. The number of likely N-dealkylation sites (tertiary alicyclic amines) is 2. The average Bonchev–Trinajstić information content (AvgIpc) is 3.89. The molecule has 3 heterocycles. The van der Waals surface area contributed by atoms with Crippen molar-refractivity contribution < 1.29 is 33.3 Å². The smallest absolute Gasteiger partial charge is 0.0390 e. The molecule has 1 aromatic heterocycles. The van der Waals surface area contributed by atoms with Crippen LogP contribution in [0.1, 0.15) is 92.8 Å². The van der Waals surface area contributed by atoms with Crippen molar-refractivity contribution in [1.82, 2.24) is 30.5 Å². The molecule has 0 aliphatic carbocycles. The molecule has 1 amide bonds. The van der Waals surface area contributed by atoms with E-state index in [0.29, 0.717) is 42.9 Å². The van der Waals surface area contributed by atoms with E-state index in [9.17, 15) is 19.0 Å². The molecule has 17 nitrogen and oxygen atoms in total. The number of benzene rings is 2. The van der Waals surface area contributed by atoms with E-state index in [-0.39, 0.29) is 36.4 Å². The molecule has 4 atom stereocenters. The van der Waals surface area contributed by atoms with Crippen molar-refractivity contribution in [3.63, 3.8) is 0 Å². The summed E-state index contributed by atoms with van der Waals surface area (Å²) in [5.41, 5.74) is 22.0. The maximum atomic E-state index is 12.9. The van der Waals surface area contributed by atoms with Crippen LogP contribution in [0.3, 0.4) is 0 Å². The van der Waals surface area contributed by atoms with E-state index in [1.807, 2.05) is 12.1 Å². The number of methoxy groups -OCH3 is 2. The van der Waals surface area contributed by atoms with Gasteiger partial charge < -0.3 is 9.47 Å². The number of ether oxygens (including phenoxy) is 2. The van der Waals surface area contributed by atoms with Gasteiger partial charge in [0.15, 0.2) is 0 Å². The molecule has 2 aliphatic heterocycles. The Morgan fingerprint density at radius 2 is 1.25 bits per heavy atom. The molecule has 20 heteroatoms. The Kier molecular flexibility index (Phi) is 22.1. The number of likely N-dealkylation sites (N-methyl/N-ethyl adjacent to an activating group) is 1. The van der Waals surface area contributed by atoms with Crippen LogP contribution in [0.4, 0.5) is 0 Å². The van der Waals surface area contributed by atoms with Crippen LogP contribution >= 0.6 is 11.3 Å². The molecule has 5 rings (SSSR count). The molecule has 0 radical (unpaired) electrons. The van der Waals surface area contributed by atoms with Crippen molar-refractivity contribution in [2.75, 3.05) is 67.4 Å². The van der Waals surface area contributed by atoms with Gasteiger partial charge in [-0.15, -0.1) is 0 Å². The van der Waals surface area contributed by atoms with Crippen LogP contribution in [0.15, 0.2) is 33.7 Å². The summed E-state index contributed by atoms with van der Waals surface area (Å²) >= 11 is 1.32. The first-order chi connectivity index (χ1) is 32.1. The molecule has 364 valence electrons. The number of nitrogens with one attached hydrogen (secondary N) is 2. The number of ketones is 1. The number of piperidine rings is 2. The third kappa shape index (κ3) is 15.2. The molecule has 2 aliphatic rings. The summed E-state index contributed by atoms with van der Waals surface area (Å²) < 4.78 is 32.7. The summed E-state index contributed by atoms with van der Waals surface area (Å²) in [5.74, 6) is 3.08. The molecular weight excluding hydrogens is 870 g/mol. The summed E-state index contributed by atoms with van der Waals surface area (Å²) in [4.78, 5) is 48.3. The Morgan fingerprint density at radius 3 is 1.67 bits per heavy atom. The standard InChI is InChI=1S/C24H34BN5O3S.C23H38BN5O4/c1-15-10-21(33-4)17(3)16(2)19(15)12-28-24(26)30-8-5-6-18(13-30)11-20(29-14-25-32)22(31)23-27-7-9-34-23;1-15-10-21(32-5)17(3)16(2)19(15)12-26-23(25)29-9-7-8-18(13-29)11-20(27-14-24-31)22(30)28(4)33-6/h7,9-10,18,20,29H,5-6,8,11-14H2,1-4H3,(H2,26,28);10,18,20,27H,7-9,11-14H2,1-6H3,(H2,25,26)/t2*18-,20?/m00/s1. The fourth-order valence-corrected chi connectivity index (χ4v) is 9.60. The van der Waals surface area contributed by atoms with Crippen molar-refractivity contribution in [1.29, 1.82) is 0 Å². The Bertz CT molecular complexity index is 2190. The van der Waals surface area contributed by atoms with Crippen LogP contribution in [0.5, 0.6) is 11.5 Å². The zero-order chi connectivity index (χ0) is 49.2. The molecule has 6 N–H and O–H groups in total. The van der Waals surface area contributed by atoms with Gasteiger partial charge in [-0.25, -0.2) is 0 Å². The van der Waals surface area contributed by atoms with Gasteiger partial charge in [0.05, 0.1) is 14.2 Å². The molecule has 2 saturated heterocycles. The van der Waals surface area contributed by atoms with E-state index in [2.05, 4.69) is 67.0 Å². The number of carbonyl (C=O) groups excluding carboxylic acids is 2. The summed E-state index contributed by atoms with van der Waals surface area (Å²) in [5, 5.41) is 9.56. The molecule has 2 unspecified atom stereocenters. The van der Waals surface area contributed by atoms with Gasteiger partial charge in [0.1, 0.15) is 11.5 Å². The van der Waals surface area contributed by atoms with Crippen LogP contribution in [0.2, 0.25) is 0 Å². The van der Waals surface area contributed by atoms with Crippen molar-refractivity contribution >= 4 is 49.2 Å². The van der Waals surface area contributed by atoms with E-state index < -0.39 is 12.1 Å². The van der Waals surface area contributed by atoms with Gasteiger partial charge in [0.25, 0.3) is 0 Å². The van der Waals surface area contributed by atoms with Crippen molar-refractivity contribution in [2.45, 2.75) is 105 Å². The number of hydroxylamine groups is 2. The first-order valence-electron chi connectivity index (χ1n) is 23.0. The molecule has 2 aromatic carbocycles. The number of nitrogens with two attached hydrogens (primary N) is 2. The molecule has 3 aromatic rings. The van der Waals surface area contributed by atoms with E-state index in [4.69, 9.17) is 35.8 Å². The number of aliphatic imine (C=N–C) groups is 2. The van der Waals surface area contributed by atoms with E-state index in [1.54, 1.807) is 32.8 Å². The van der Waals surface area contributed by atoms with E-state index >= 15 is 0 Å². The Labute approximate surface area is 402 Å². The number of Topliss-reactive ketones (excluding diaryl/α,β-unsaturated/α-hetero) is 1. The number of nitrogens with zero attached hydrogens (tertiary/aromatic N) is 6. The van der Waals surface area contributed by atoms with Crippen LogP contribution < -0.4 is 31.6 Å². The zero-order valence-corrected chi connectivity index (χ0v) is 42.1. The van der Waals surface area contributed by atoms with E-state index in [0.717, 1.165) is 105 Å². The van der Waals surface area contributed by atoms with Gasteiger partial charge in [-0.3, -0.25) is 0 Å². The third-order valence-corrected chi connectivity index (χ3v) is 14.0. The van der Waals surface area contributed by atoms with Crippen molar-refractivity contribution in [3.05, 3.63) is 73.2 Å². The first-order valence-corrected chi connectivity index (χ1v) is 23.9. The van der Waals surface area contributed by atoms with Crippen molar-refractivity contribution in [3.8, 4) is 11.5 Å². The number of amides is 1. The predicted molar refractivity (Wildman–Crippen MR) is 266 cm³/mol. The fraction of sp³-hybridized carbons (Fsp3) is 0.596. The summed E-state index contributed by atoms with van der Waals surface area (Å²) in [6.07, 6.45) is 7.05. The first kappa shape index (κ1) is 54.6. The molecule has 2 fully saturated rings. The Balaban J connectivity index is 0.000000293. The normalized spacial score (nSPS) is 17.4. The van der Waals surface area contributed by atoms with Gasteiger partial charge in [-0.2, -0.15) is 0 Å². The summed E-state index contributed by atoms with van der Waals surface area (Å²) in [6.45, 7) is 16.6. The van der Waals surface area contributed by atoms with Crippen LogP contribution in [-0.4, -0.2) is 137 Å². The maximum absolute atomic E-state index is 12.9. The number of thiazole rings is 1. The second-order valence-electron chi connectivity index (χ2n) is 17.5. The molecule has 0 saturated carbocycles. The minimum absolute atomic E-state index is 0.0589. The van der Waals surface area contributed by atoms with Gasteiger partial charge in [0, 0.05) is 0 Å². The van der Waals surface area contributed by atoms with Gasteiger partial charge in [-0.1, -0.05) is 0 Å². The van der Waals surface area contributed by atoms with Crippen LogP contribution in [-0.2, 0) is 32.1 Å². The molecule has 0 spiro atoms. The number of rotatable bonds is 20. The topological polar surface area (TPSA) is 219 Å². The van der Waals surface area contributed by atoms with Gasteiger partial charge >= 0.3 is 304 Å². The second-order valence-corrected chi connectivity index (χ2v) is 18.3. The van der Waals surface area contributed by atoms with Crippen LogP contribution in [0, 0.1) is 53.4 Å². The number of hydrogen-bond donors (Lipinski definition) is 4. The van der Waals surface area contributed by atoms with Crippen molar-refractivity contribution in [2.24, 2.45) is 33.3 Å². The Hall–Kier alpha value is -5.04. The summed E-state index contributed by atoms with van der Waals surface area (Å²) in [6, 6.07) is 3.16. The number of aryl methyl sites for hydroxylation is 2. The quantitative estimate of drug-likeness (QED) is 0.0407. The molecule has 67 heavy (non-hydrogen) atoms. The van der Waals surface area contributed by atoms with E-state index in [1.165, 1.54) is 40.2 Å². The van der Waals surface area contributed by atoms with Crippen LogP contribution in [0.25, 0.3) is 0 Å². The second kappa shape index (κ2) is 27.1. The molecule has 0 bridgehead atoms. The monoisotopic (exact) mass is 943 g/mol. The average molecular weight is 943 g/mol. The van der Waals surface area contributed by atoms with Gasteiger partial charge in [-0.05, 0) is 64.8 Å². The predicted octanol–water partition coefficient (Wildman–Crippen LogP) is 4.36. The number of carbonyl (C=O) groups is 2. The zero-order valence-electron chi connectivity index (χ0n) is 41.3. The minimum atomic E-state index is -0.490. The molecular formula is C47H72B2N10O7S.